The number of nitrogens with two attached hydrogens (primary N) is 1. The molecule has 1 aromatic carbocycles. The molecule has 19 heavy (non-hydrogen) atoms. The first kappa shape index (κ1) is 14.0. The van der Waals surface area contributed by atoms with E-state index < -0.39 is 5.97 Å². The molecule has 1 fully saturated rings. The van der Waals surface area contributed by atoms with Gasteiger partial charge < -0.3 is 20.1 Å². The summed E-state index contributed by atoms with van der Waals surface area (Å²) in [6, 6.07) is 3.20. The normalized spacial score (nSPS) is 15.4. The van der Waals surface area contributed by atoms with Crippen LogP contribution in [0.4, 0.5) is 11.4 Å². The maximum absolute atomic E-state index is 11.7. The van der Waals surface area contributed by atoms with Crippen molar-refractivity contribution in [2.45, 2.75) is 6.92 Å². The van der Waals surface area contributed by atoms with Crippen LogP contribution in [0.5, 0.6) is 0 Å². The molecule has 0 aliphatic carbocycles. The molecular weight excluding hydrogens is 268 g/mol. The highest BCUT2D eigenvalue weighted by atomic mass is 35.5. The van der Waals surface area contributed by atoms with Crippen molar-refractivity contribution in [3.05, 3.63) is 22.7 Å². The third-order valence-electron chi connectivity index (χ3n) is 2.93. The van der Waals surface area contributed by atoms with E-state index in [-0.39, 0.29) is 0 Å². The molecule has 6 heteroatoms. The molecule has 0 radical (unpaired) electrons. The number of halogens is 1. The van der Waals surface area contributed by atoms with Crippen LogP contribution in [0, 0.1) is 0 Å². The zero-order chi connectivity index (χ0) is 13.8. The summed E-state index contributed by atoms with van der Waals surface area (Å²) >= 11 is 6.24. The van der Waals surface area contributed by atoms with Crippen molar-refractivity contribution in [3.8, 4) is 0 Å². The second-order valence-corrected chi connectivity index (χ2v) is 4.62. The maximum atomic E-state index is 11.7. The predicted octanol–water partition coefficient (Wildman–Crippen LogP) is 1.94. The number of nitrogen functional groups attached to an aromatic ring is 1. The highest BCUT2D eigenvalue weighted by Gasteiger charge is 2.19. The lowest BCUT2D eigenvalue weighted by atomic mass is 10.1. The summed E-state index contributed by atoms with van der Waals surface area (Å²) in [5, 5.41) is 0.463. The minimum absolute atomic E-state index is 0.321. The van der Waals surface area contributed by atoms with Crippen LogP contribution in [0.1, 0.15) is 17.3 Å². The summed E-state index contributed by atoms with van der Waals surface area (Å²) in [6.45, 7) is 4.85. The number of rotatable bonds is 3. The maximum Gasteiger partial charge on any atom is 0.338 e. The van der Waals surface area contributed by atoms with Crippen LogP contribution in [0.3, 0.4) is 0 Å². The number of benzene rings is 1. The van der Waals surface area contributed by atoms with Crippen LogP contribution >= 0.6 is 11.6 Å². The number of esters is 1. The van der Waals surface area contributed by atoms with Crippen molar-refractivity contribution in [3.63, 3.8) is 0 Å². The van der Waals surface area contributed by atoms with E-state index in [0.29, 0.717) is 36.1 Å². The van der Waals surface area contributed by atoms with Crippen molar-refractivity contribution in [2.75, 3.05) is 43.5 Å². The van der Waals surface area contributed by atoms with Crippen molar-refractivity contribution in [1.82, 2.24) is 0 Å². The molecule has 0 aromatic heterocycles. The zero-order valence-corrected chi connectivity index (χ0v) is 11.6. The van der Waals surface area contributed by atoms with E-state index in [4.69, 9.17) is 26.8 Å². The van der Waals surface area contributed by atoms with Gasteiger partial charge in [-0.15, -0.1) is 0 Å². The molecule has 1 saturated heterocycles. The number of nitrogens with zero attached hydrogens (tertiary/aromatic N) is 1. The molecular formula is C13H17ClN2O3. The Hall–Kier alpha value is -1.46. The molecule has 0 spiro atoms. The first-order chi connectivity index (χ1) is 9.13. The van der Waals surface area contributed by atoms with E-state index in [2.05, 4.69) is 4.90 Å². The van der Waals surface area contributed by atoms with Gasteiger partial charge in [0.1, 0.15) is 0 Å². The number of anilines is 2. The van der Waals surface area contributed by atoms with Crippen molar-refractivity contribution >= 4 is 28.9 Å². The quantitative estimate of drug-likeness (QED) is 0.679. The molecule has 1 heterocycles. The summed E-state index contributed by atoms with van der Waals surface area (Å²) in [4.78, 5) is 13.7. The lowest BCUT2D eigenvalue weighted by Gasteiger charge is -2.30. The standard InChI is InChI=1S/C13H17ClN2O3/c1-2-19-13(17)9-7-10(14)12(11(15)8-9)16-3-5-18-6-4-16/h7-8H,2-6,15H2,1H3. The van der Waals surface area contributed by atoms with E-state index >= 15 is 0 Å². The number of ether oxygens (including phenoxy) is 2. The molecule has 0 bridgehead atoms. The summed E-state index contributed by atoms with van der Waals surface area (Å²) in [6.07, 6.45) is 0. The second-order valence-electron chi connectivity index (χ2n) is 4.22. The third kappa shape index (κ3) is 3.11. The Bertz CT molecular complexity index is 450. The van der Waals surface area contributed by atoms with Crippen LogP contribution in [0.15, 0.2) is 12.1 Å². The van der Waals surface area contributed by atoms with E-state index in [0.717, 1.165) is 18.8 Å². The predicted molar refractivity (Wildman–Crippen MR) is 74.9 cm³/mol. The highest BCUT2D eigenvalue weighted by molar-refractivity contribution is 6.34. The summed E-state index contributed by atoms with van der Waals surface area (Å²) in [5.41, 5.74) is 7.63. The van der Waals surface area contributed by atoms with E-state index in [1.807, 2.05) is 0 Å². The molecule has 2 rings (SSSR count). The highest BCUT2D eigenvalue weighted by Crippen LogP contribution is 2.34. The Labute approximate surface area is 117 Å². The summed E-state index contributed by atoms with van der Waals surface area (Å²) in [5.74, 6) is -0.412. The van der Waals surface area contributed by atoms with Crippen LogP contribution < -0.4 is 10.6 Å². The topological polar surface area (TPSA) is 64.8 Å². The van der Waals surface area contributed by atoms with Gasteiger partial charge in [-0.05, 0) is 19.1 Å². The van der Waals surface area contributed by atoms with Gasteiger partial charge in [-0.1, -0.05) is 11.6 Å². The van der Waals surface area contributed by atoms with Crippen molar-refractivity contribution in [2.24, 2.45) is 0 Å². The molecule has 0 atom stereocenters. The Kier molecular flexibility index (Phi) is 4.50. The number of morpholine rings is 1. The number of carbonyl (C=O) groups excluding carboxylic acids is 1. The number of hydrogen-bond acceptors (Lipinski definition) is 5. The molecule has 0 amide bonds. The fourth-order valence-electron chi connectivity index (χ4n) is 2.07. The second kappa shape index (κ2) is 6.12. The molecule has 1 aliphatic rings. The lowest BCUT2D eigenvalue weighted by Crippen LogP contribution is -2.36. The first-order valence-corrected chi connectivity index (χ1v) is 6.60. The van der Waals surface area contributed by atoms with Crippen LogP contribution in [0.2, 0.25) is 5.02 Å². The van der Waals surface area contributed by atoms with Crippen molar-refractivity contribution < 1.29 is 14.3 Å². The van der Waals surface area contributed by atoms with Crippen LogP contribution in [-0.4, -0.2) is 38.9 Å². The Morgan fingerprint density at radius 2 is 2.16 bits per heavy atom. The minimum Gasteiger partial charge on any atom is -0.462 e. The summed E-state index contributed by atoms with van der Waals surface area (Å²) < 4.78 is 10.2. The van der Waals surface area contributed by atoms with Gasteiger partial charge in [-0.3, -0.25) is 0 Å². The smallest absolute Gasteiger partial charge is 0.338 e. The number of hydrogen-bond donors (Lipinski definition) is 1. The fraction of sp³-hybridized carbons (Fsp3) is 0.462. The molecule has 5 nitrogen and oxygen atoms in total. The molecule has 1 aromatic rings. The van der Waals surface area contributed by atoms with E-state index in [1.54, 1.807) is 19.1 Å². The summed E-state index contributed by atoms with van der Waals surface area (Å²) in [7, 11) is 0. The Morgan fingerprint density at radius 3 is 2.74 bits per heavy atom. The molecule has 2 N–H and O–H groups in total. The van der Waals surface area contributed by atoms with Gasteiger partial charge in [0.05, 0.1) is 41.8 Å². The fourth-order valence-corrected chi connectivity index (χ4v) is 2.42. The first-order valence-electron chi connectivity index (χ1n) is 6.22. The lowest BCUT2D eigenvalue weighted by molar-refractivity contribution is 0.0526. The largest absolute Gasteiger partial charge is 0.462 e. The minimum atomic E-state index is -0.412. The average molecular weight is 285 g/mol. The van der Waals surface area contributed by atoms with Gasteiger partial charge in [0.2, 0.25) is 0 Å². The molecule has 1 aliphatic heterocycles. The Morgan fingerprint density at radius 1 is 1.47 bits per heavy atom. The van der Waals surface area contributed by atoms with Gasteiger partial charge in [0.15, 0.2) is 0 Å². The third-order valence-corrected chi connectivity index (χ3v) is 3.22. The van der Waals surface area contributed by atoms with Crippen molar-refractivity contribution in [1.29, 1.82) is 0 Å². The van der Waals surface area contributed by atoms with E-state index in [9.17, 15) is 4.79 Å². The molecule has 0 saturated carbocycles. The monoisotopic (exact) mass is 284 g/mol. The molecule has 0 unspecified atom stereocenters. The van der Waals surface area contributed by atoms with Gasteiger partial charge >= 0.3 is 5.97 Å². The number of carbonyl (C=O) groups is 1. The van der Waals surface area contributed by atoms with Gasteiger partial charge in [-0.25, -0.2) is 4.79 Å². The van der Waals surface area contributed by atoms with Gasteiger partial charge in [0, 0.05) is 13.1 Å². The van der Waals surface area contributed by atoms with Crippen LogP contribution in [0.25, 0.3) is 0 Å². The zero-order valence-electron chi connectivity index (χ0n) is 10.8. The SMILES string of the molecule is CCOC(=O)c1cc(N)c(N2CCOCC2)c(Cl)c1. The van der Waals surface area contributed by atoms with Gasteiger partial charge in [0.25, 0.3) is 0 Å². The average Bonchev–Trinajstić information content (AvgIpc) is 2.39. The van der Waals surface area contributed by atoms with Gasteiger partial charge in [-0.2, -0.15) is 0 Å². The van der Waals surface area contributed by atoms with E-state index in [1.165, 1.54) is 0 Å². The molecule has 104 valence electrons. The Balaban J connectivity index is 2.28. The van der Waals surface area contributed by atoms with Crippen LogP contribution in [-0.2, 0) is 9.47 Å².